The van der Waals surface area contributed by atoms with Crippen molar-refractivity contribution in [1.82, 2.24) is 9.97 Å². The van der Waals surface area contributed by atoms with Gasteiger partial charge in [-0.15, -0.1) is 0 Å². The molecule has 0 fully saturated rings. The number of aliphatic imine (C=N–C) groups is 1. The monoisotopic (exact) mass is 165 g/mol. The number of nitrogens with one attached hydrogen (secondary N) is 1. The van der Waals surface area contributed by atoms with E-state index in [0.29, 0.717) is 12.5 Å². The highest BCUT2D eigenvalue weighted by Crippen LogP contribution is 2.19. The Labute approximate surface area is 70.7 Å². The first-order chi connectivity index (χ1) is 5.67. The third-order valence-electron chi connectivity index (χ3n) is 1.69. The molecule has 0 amide bonds. The number of hydrogen-bond donors (Lipinski definition) is 1. The van der Waals surface area contributed by atoms with E-state index < -0.39 is 0 Å². The standard InChI is InChI=1S/C8H11N3O/c1-8(2)4-12-7(11-8)6-3-9-5-10-6/h3,5H,4H2,1-2H3,(H,9,10). The highest BCUT2D eigenvalue weighted by atomic mass is 16.5. The fourth-order valence-electron chi connectivity index (χ4n) is 1.10. The van der Waals surface area contributed by atoms with Crippen LogP contribution in [0.3, 0.4) is 0 Å². The molecule has 4 heteroatoms. The zero-order valence-electron chi connectivity index (χ0n) is 7.16. The first kappa shape index (κ1) is 7.34. The van der Waals surface area contributed by atoms with Crippen molar-refractivity contribution in [3.63, 3.8) is 0 Å². The summed E-state index contributed by atoms with van der Waals surface area (Å²) < 4.78 is 5.39. The molecule has 0 atom stereocenters. The van der Waals surface area contributed by atoms with Crippen molar-refractivity contribution in [2.24, 2.45) is 4.99 Å². The molecule has 1 aliphatic rings. The summed E-state index contributed by atoms with van der Waals surface area (Å²) in [5.74, 6) is 0.664. The van der Waals surface area contributed by atoms with Gasteiger partial charge >= 0.3 is 0 Å². The van der Waals surface area contributed by atoms with Crippen LogP contribution in [0.2, 0.25) is 0 Å². The van der Waals surface area contributed by atoms with Gasteiger partial charge in [-0.25, -0.2) is 9.98 Å². The number of nitrogens with zero attached hydrogens (tertiary/aromatic N) is 2. The summed E-state index contributed by atoms with van der Waals surface area (Å²) in [6.07, 6.45) is 3.33. The zero-order chi connectivity index (χ0) is 8.60. The van der Waals surface area contributed by atoms with Crippen molar-refractivity contribution < 1.29 is 4.74 Å². The quantitative estimate of drug-likeness (QED) is 0.674. The number of ether oxygens (including phenoxy) is 1. The van der Waals surface area contributed by atoms with Gasteiger partial charge in [0.1, 0.15) is 12.3 Å². The Morgan fingerprint density at radius 1 is 1.58 bits per heavy atom. The smallest absolute Gasteiger partial charge is 0.235 e. The van der Waals surface area contributed by atoms with Crippen molar-refractivity contribution >= 4 is 5.90 Å². The van der Waals surface area contributed by atoms with Crippen LogP contribution < -0.4 is 0 Å². The maximum atomic E-state index is 5.39. The van der Waals surface area contributed by atoms with Crippen molar-refractivity contribution in [2.45, 2.75) is 19.4 Å². The van der Waals surface area contributed by atoms with E-state index in [4.69, 9.17) is 4.74 Å². The van der Waals surface area contributed by atoms with Crippen LogP contribution in [0.5, 0.6) is 0 Å². The van der Waals surface area contributed by atoms with Gasteiger partial charge in [0.05, 0.1) is 18.1 Å². The second-order valence-corrected chi connectivity index (χ2v) is 3.48. The first-order valence-electron chi connectivity index (χ1n) is 3.89. The maximum absolute atomic E-state index is 5.39. The predicted molar refractivity (Wildman–Crippen MR) is 45.2 cm³/mol. The van der Waals surface area contributed by atoms with E-state index in [1.54, 1.807) is 12.5 Å². The molecule has 0 aliphatic carbocycles. The Hall–Kier alpha value is -1.32. The van der Waals surface area contributed by atoms with Crippen molar-refractivity contribution in [3.05, 3.63) is 18.2 Å². The van der Waals surface area contributed by atoms with Gasteiger partial charge in [0.15, 0.2) is 0 Å². The summed E-state index contributed by atoms with van der Waals surface area (Å²) in [7, 11) is 0. The van der Waals surface area contributed by atoms with Gasteiger partial charge in [0.2, 0.25) is 5.90 Å². The molecule has 0 saturated heterocycles. The second kappa shape index (κ2) is 2.33. The molecule has 0 aromatic carbocycles. The Bertz CT molecular complexity index is 300. The highest BCUT2D eigenvalue weighted by Gasteiger charge is 2.27. The summed E-state index contributed by atoms with van der Waals surface area (Å²) in [4.78, 5) is 11.2. The lowest BCUT2D eigenvalue weighted by molar-refractivity contribution is 0.279. The normalized spacial score (nSPS) is 20.3. The molecule has 2 heterocycles. The Morgan fingerprint density at radius 3 is 2.92 bits per heavy atom. The van der Waals surface area contributed by atoms with Gasteiger partial charge < -0.3 is 9.72 Å². The fraction of sp³-hybridized carbons (Fsp3) is 0.500. The Balaban J connectivity index is 2.28. The van der Waals surface area contributed by atoms with Crippen LogP contribution >= 0.6 is 0 Å². The number of aromatic amines is 1. The number of imidazole rings is 1. The van der Waals surface area contributed by atoms with E-state index in [1.165, 1.54) is 0 Å². The van der Waals surface area contributed by atoms with E-state index in [0.717, 1.165) is 5.69 Å². The molecule has 0 spiro atoms. The SMILES string of the molecule is CC1(C)COC(c2cnc[nH]2)=N1. The van der Waals surface area contributed by atoms with E-state index >= 15 is 0 Å². The summed E-state index contributed by atoms with van der Waals surface area (Å²) in [6.45, 7) is 4.72. The summed E-state index contributed by atoms with van der Waals surface area (Å²) in [5.41, 5.74) is 0.751. The van der Waals surface area contributed by atoms with E-state index in [9.17, 15) is 0 Å². The van der Waals surface area contributed by atoms with Crippen molar-refractivity contribution in [1.29, 1.82) is 0 Å². The van der Waals surface area contributed by atoms with E-state index in [1.807, 2.05) is 13.8 Å². The average Bonchev–Trinajstić information content (AvgIpc) is 2.55. The number of hydrogen-bond acceptors (Lipinski definition) is 3. The summed E-state index contributed by atoms with van der Waals surface area (Å²) in [6, 6.07) is 0. The van der Waals surface area contributed by atoms with Crippen LogP contribution in [0.15, 0.2) is 17.5 Å². The minimum Gasteiger partial charge on any atom is -0.474 e. The van der Waals surface area contributed by atoms with Crippen LogP contribution in [-0.4, -0.2) is 28.0 Å². The molecule has 0 unspecified atom stereocenters. The summed E-state index contributed by atoms with van der Waals surface area (Å²) >= 11 is 0. The lowest BCUT2D eigenvalue weighted by atomic mass is 10.1. The van der Waals surface area contributed by atoms with Crippen LogP contribution in [0.25, 0.3) is 0 Å². The number of aromatic nitrogens is 2. The van der Waals surface area contributed by atoms with Crippen LogP contribution in [0.4, 0.5) is 0 Å². The van der Waals surface area contributed by atoms with Gasteiger partial charge in [0.25, 0.3) is 0 Å². The molecule has 64 valence electrons. The molecule has 1 N–H and O–H groups in total. The molecular weight excluding hydrogens is 154 g/mol. The molecule has 0 radical (unpaired) electrons. The topological polar surface area (TPSA) is 50.3 Å². The lowest BCUT2D eigenvalue weighted by Gasteiger charge is -2.07. The van der Waals surface area contributed by atoms with Gasteiger partial charge in [0, 0.05) is 0 Å². The average molecular weight is 165 g/mol. The number of rotatable bonds is 1. The van der Waals surface area contributed by atoms with Crippen molar-refractivity contribution in [3.8, 4) is 0 Å². The zero-order valence-corrected chi connectivity index (χ0v) is 7.16. The van der Waals surface area contributed by atoms with Crippen LogP contribution in [-0.2, 0) is 4.74 Å². The molecule has 0 bridgehead atoms. The van der Waals surface area contributed by atoms with Gasteiger partial charge in [-0.05, 0) is 13.8 Å². The van der Waals surface area contributed by atoms with Gasteiger partial charge in [-0.2, -0.15) is 0 Å². The second-order valence-electron chi connectivity index (χ2n) is 3.48. The fourth-order valence-corrected chi connectivity index (χ4v) is 1.10. The minimum atomic E-state index is -0.0968. The Morgan fingerprint density at radius 2 is 2.42 bits per heavy atom. The Kier molecular flexibility index (Phi) is 1.43. The largest absolute Gasteiger partial charge is 0.474 e. The summed E-state index contributed by atoms with van der Waals surface area (Å²) in [5, 5.41) is 0. The molecule has 1 aromatic heterocycles. The molecule has 1 aromatic rings. The molecular formula is C8H11N3O. The lowest BCUT2D eigenvalue weighted by Crippen LogP contribution is -2.17. The van der Waals surface area contributed by atoms with Gasteiger partial charge in [-0.1, -0.05) is 0 Å². The maximum Gasteiger partial charge on any atom is 0.235 e. The molecule has 0 saturated carbocycles. The predicted octanol–water partition coefficient (Wildman–Crippen LogP) is 0.965. The molecule has 2 rings (SSSR count). The number of H-pyrrole nitrogens is 1. The third-order valence-corrected chi connectivity index (χ3v) is 1.69. The van der Waals surface area contributed by atoms with Crippen LogP contribution in [0.1, 0.15) is 19.5 Å². The van der Waals surface area contributed by atoms with E-state index in [-0.39, 0.29) is 5.54 Å². The highest BCUT2D eigenvalue weighted by molar-refractivity contribution is 5.93. The molecule has 12 heavy (non-hydrogen) atoms. The minimum absolute atomic E-state index is 0.0968. The van der Waals surface area contributed by atoms with E-state index in [2.05, 4.69) is 15.0 Å². The molecule has 4 nitrogen and oxygen atoms in total. The van der Waals surface area contributed by atoms with Crippen LogP contribution in [0, 0.1) is 0 Å². The van der Waals surface area contributed by atoms with Gasteiger partial charge in [-0.3, -0.25) is 0 Å². The van der Waals surface area contributed by atoms with Crippen molar-refractivity contribution in [2.75, 3.05) is 6.61 Å². The third kappa shape index (κ3) is 1.20. The first-order valence-corrected chi connectivity index (χ1v) is 3.89. The molecule has 1 aliphatic heterocycles.